The third-order valence-electron chi connectivity index (χ3n) is 6.26. The van der Waals surface area contributed by atoms with Gasteiger partial charge in [0.05, 0.1) is 0 Å². The van der Waals surface area contributed by atoms with Gasteiger partial charge in [-0.1, -0.05) is 64.1 Å². The van der Waals surface area contributed by atoms with E-state index in [-0.39, 0.29) is 11.2 Å². The van der Waals surface area contributed by atoms with E-state index < -0.39 is 0 Å². The standard InChI is InChI=1S/C26H37FN2/c1-20-14-17-29(18-15-20)25(22-7-9-23(10-8-22)26(2,3)4)19-28-16-13-21-5-11-24(27)12-6-21/h5-12,20,25,28H,13-19H2,1-4H3. The monoisotopic (exact) mass is 396 g/mol. The summed E-state index contributed by atoms with van der Waals surface area (Å²) in [5.74, 6) is 0.668. The van der Waals surface area contributed by atoms with Crippen LogP contribution in [0.5, 0.6) is 0 Å². The van der Waals surface area contributed by atoms with Crippen molar-refractivity contribution in [2.45, 2.75) is 58.4 Å². The van der Waals surface area contributed by atoms with Gasteiger partial charge in [0, 0.05) is 12.6 Å². The van der Waals surface area contributed by atoms with Crippen molar-refractivity contribution in [2.75, 3.05) is 26.2 Å². The number of benzene rings is 2. The second-order valence-electron chi connectivity index (χ2n) is 9.69. The molecule has 1 N–H and O–H groups in total. The van der Waals surface area contributed by atoms with Crippen LogP contribution in [0.2, 0.25) is 0 Å². The van der Waals surface area contributed by atoms with E-state index in [2.05, 4.69) is 62.2 Å². The number of nitrogens with one attached hydrogen (secondary N) is 1. The molecule has 1 saturated heterocycles. The molecule has 158 valence electrons. The number of hydrogen-bond donors (Lipinski definition) is 1. The van der Waals surface area contributed by atoms with Crippen LogP contribution in [0.15, 0.2) is 48.5 Å². The molecule has 1 heterocycles. The molecule has 0 bridgehead atoms. The lowest BCUT2D eigenvalue weighted by molar-refractivity contribution is 0.135. The predicted molar refractivity (Wildman–Crippen MR) is 121 cm³/mol. The van der Waals surface area contributed by atoms with Crippen molar-refractivity contribution in [3.8, 4) is 0 Å². The van der Waals surface area contributed by atoms with Crippen LogP contribution in [0.3, 0.4) is 0 Å². The van der Waals surface area contributed by atoms with Crippen molar-refractivity contribution in [1.29, 1.82) is 0 Å². The molecule has 0 radical (unpaired) electrons. The minimum absolute atomic E-state index is 0.167. The summed E-state index contributed by atoms with van der Waals surface area (Å²) >= 11 is 0. The molecule has 0 spiro atoms. The molecule has 3 rings (SSSR count). The molecule has 0 aromatic heterocycles. The molecule has 0 saturated carbocycles. The average molecular weight is 397 g/mol. The molecule has 1 atom stereocenters. The molecule has 1 aliphatic rings. The number of rotatable bonds is 7. The van der Waals surface area contributed by atoms with Gasteiger partial charge in [-0.15, -0.1) is 0 Å². The summed E-state index contributed by atoms with van der Waals surface area (Å²) in [6, 6.07) is 16.5. The highest BCUT2D eigenvalue weighted by atomic mass is 19.1. The molecule has 3 heteroatoms. The molecule has 29 heavy (non-hydrogen) atoms. The van der Waals surface area contributed by atoms with Gasteiger partial charge in [-0.3, -0.25) is 4.90 Å². The van der Waals surface area contributed by atoms with Crippen molar-refractivity contribution in [2.24, 2.45) is 5.92 Å². The Balaban J connectivity index is 1.63. The first-order valence-electron chi connectivity index (χ1n) is 11.1. The Morgan fingerprint density at radius 3 is 2.21 bits per heavy atom. The van der Waals surface area contributed by atoms with Crippen LogP contribution >= 0.6 is 0 Å². The zero-order valence-electron chi connectivity index (χ0n) is 18.5. The first-order chi connectivity index (χ1) is 13.8. The molecular weight excluding hydrogens is 359 g/mol. The summed E-state index contributed by atoms with van der Waals surface area (Å²) in [4.78, 5) is 2.65. The van der Waals surface area contributed by atoms with Crippen LogP contribution in [-0.2, 0) is 11.8 Å². The van der Waals surface area contributed by atoms with Gasteiger partial charge in [-0.25, -0.2) is 4.39 Å². The van der Waals surface area contributed by atoms with E-state index >= 15 is 0 Å². The normalized spacial score (nSPS) is 17.4. The zero-order valence-corrected chi connectivity index (χ0v) is 18.5. The lowest BCUT2D eigenvalue weighted by Gasteiger charge is -2.37. The second-order valence-corrected chi connectivity index (χ2v) is 9.69. The lowest BCUT2D eigenvalue weighted by atomic mass is 9.86. The minimum Gasteiger partial charge on any atom is -0.314 e. The largest absolute Gasteiger partial charge is 0.314 e. The molecule has 0 amide bonds. The number of piperidine rings is 1. The first kappa shape index (κ1) is 22.0. The fraction of sp³-hybridized carbons (Fsp3) is 0.538. The number of hydrogen-bond acceptors (Lipinski definition) is 2. The van der Waals surface area contributed by atoms with Gasteiger partial charge in [0.1, 0.15) is 5.82 Å². The summed E-state index contributed by atoms with van der Waals surface area (Å²) in [5.41, 5.74) is 4.15. The Bertz CT molecular complexity index is 738. The summed E-state index contributed by atoms with van der Waals surface area (Å²) in [5, 5.41) is 3.67. The van der Waals surface area contributed by atoms with Gasteiger partial charge in [0.25, 0.3) is 0 Å². The van der Waals surface area contributed by atoms with Gasteiger partial charge in [0.2, 0.25) is 0 Å². The van der Waals surface area contributed by atoms with Gasteiger partial charge in [0.15, 0.2) is 0 Å². The van der Waals surface area contributed by atoms with Crippen LogP contribution in [-0.4, -0.2) is 31.1 Å². The van der Waals surface area contributed by atoms with Crippen molar-refractivity contribution < 1.29 is 4.39 Å². The molecule has 2 aromatic carbocycles. The number of nitrogens with zero attached hydrogens (tertiary/aromatic N) is 1. The number of likely N-dealkylation sites (tertiary alicyclic amines) is 1. The Labute approximate surface area is 176 Å². The smallest absolute Gasteiger partial charge is 0.123 e. The molecule has 1 fully saturated rings. The van der Waals surface area contributed by atoms with E-state index in [4.69, 9.17) is 0 Å². The van der Waals surface area contributed by atoms with Crippen LogP contribution in [0, 0.1) is 11.7 Å². The Kier molecular flexibility index (Phi) is 7.48. The Morgan fingerprint density at radius 1 is 1.00 bits per heavy atom. The van der Waals surface area contributed by atoms with Crippen LogP contribution in [0.1, 0.15) is 63.3 Å². The van der Waals surface area contributed by atoms with Gasteiger partial charge < -0.3 is 5.32 Å². The fourth-order valence-electron chi connectivity index (χ4n) is 4.13. The molecule has 0 aliphatic carbocycles. The van der Waals surface area contributed by atoms with E-state index in [1.54, 1.807) is 12.1 Å². The van der Waals surface area contributed by atoms with Crippen LogP contribution in [0.25, 0.3) is 0 Å². The van der Waals surface area contributed by atoms with Crippen molar-refractivity contribution in [3.63, 3.8) is 0 Å². The number of halogens is 1. The van der Waals surface area contributed by atoms with E-state index in [1.807, 2.05) is 12.1 Å². The summed E-state index contributed by atoms with van der Waals surface area (Å²) < 4.78 is 13.1. The SMILES string of the molecule is CC1CCN(C(CNCCc2ccc(F)cc2)c2ccc(C(C)(C)C)cc2)CC1. The second kappa shape index (κ2) is 9.86. The molecular formula is C26H37FN2. The predicted octanol–water partition coefficient (Wildman–Crippen LogP) is 5.73. The maximum atomic E-state index is 13.1. The first-order valence-corrected chi connectivity index (χ1v) is 11.1. The van der Waals surface area contributed by atoms with Crippen LogP contribution < -0.4 is 5.32 Å². The van der Waals surface area contributed by atoms with Crippen molar-refractivity contribution >= 4 is 0 Å². The van der Waals surface area contributed by atoms with E-state index in [0.717, 1.165) is 25.4 Å². The fourth-order valence-corrected chi connectivity index (χ4v) is 4.13. The molecule has 1 aliphatic heterocycles. The van der Waals surface area contributed by atoms with Gasteiger partial charge in [-0.2, -0.15) is 0 Å². The molecule has 2 aromatic rings. The summed E-state index contributed by atoms with van der Waals surface area (Å²) in [6.45, 7) is 13.4. The Hall–Kier alpha value is -1.71. The van der Waals surface area contributed by atoms with Crippen LogP contribution in [0.4, 0.5) is 4.39 Å². The molecule has 2 nitrogen and oxygen atoms in total. The minimum atomic E-state index is -0.167. The third-order valence-corrected chi connectivity index (χ3v) is 6.26. The van der Waals surface area contributed by atoms with Crippen molar-refractivity contribution in [1.82, 2.24) is 10.2 Å². The highest BCUT2D eigenvalue weighted by molar-refractivity contribution is 5.29. The highest BCUT2D eigenvalue weighted by Gasteiger charge is 2.25. The topological polar surface area (TPSA) is 15.3 Å². The maximum Gasteiger partial charge on any atom is 0.123 e. The third kappa shape index (κ3) is 6.38. The quantitative estimate of drug-likeness (QED) is 0.601. The Morgan fingerprint density at radius 2 is 1.62 bits per heavy atom. The van der Waals surface area contributed by atoms with Crippen molar-refractivity contribution in [3.05, 3.63) is 71.0 Å². The maximum absolute atomic E-state index is 13.1. The van der Waals surface area contributed by atoms with E-state index in [0.29, 0.717) is 6.04 Å². The summed E-state index contributed by atoms with van der Waals surface area (Å²) in [7, 11) is 0. The van der Waals surface area contributed by atoms with E-state index in [9.17, 15) is 4.39 Å². The van der Waals surface area contributed by atoms with E-state index in [1.165, 1.54) is 42.6 Å². The highest BCUT2D eigenvalue weighted by Crippen LogP contribution is 2.29. The van der Waals surface area contributed by atoms with Gasteiger partial charge >= 0.3 is 0 Å². The lowest BCUT2D eigenvalue weighted by Crippen LogP contribution is -2.41. The summed E-state index contributed by atoms with van der Waals surface area (Å²) in [6.07, 6.45) is 3.49. The average Bonchev–Trinajstić information content (AvgIpc) is 2.70. The molecule has 1 unspecified atom stereocenters. The zero-order chi connectivity index (χ0) is 20.9. The van der Waals surface area contributed by atoms with Gasteiger partial charge in [-0.05, 0) is 79.1 Å².